The number of phenols is 1. The summed E-state index contributed by atoms with van der Waals surface area (Å²) < 4.78 is 6.01. The van der Waals surface area contributed by atoms with E-state index in [0.717, 1.165) is 24.0 Å². The molecule has 1 saturated carbocycles. The summed E-state index contributed by atoms with van der Waals surface area (Å²) in [6.07, 6.45) is 2.12. The number of hydrogen-bond donors (Lipinski definition) is 3. The zero-order valence-electron chi connectivity index (χ0n) is 16.0. The molecule has 2 aliphatic carbocycles. The number of carbonyl (C=O) groups excluding carboxylic acids is 3. The fourth-order valence-corrected chi connectivity index (χ4v) is 6.08. The van der Waals surface area contributed by atoms with Gasteiger partial charge in [0.05, 0.1) is 12.3 Å². The molecule has 5 atom stereocenters. The highest BCUT2D eigenvalue weighted by Crippen LogP contribution is 2.57. The van der Waals surface area contributed by atoms with Crippen molar-refractivity contribution in [1.29, 1.82) is 0 Å². The summed E-state index contributed by atoms with van der Waals surface area (Å²) in [5.41, 5.74) is 2.03. The highest BCUT2D eigenvalue weighted by atomic mass is 32.1. The standard InChI is InChI=1S/C21H24N2O5S/c24-14-3-1-10-7-13-11-2-4-15(25)21-19(18(10)20(14)28-21)12(11)5-6-23(13)17(27)8-22-16(26)9-29/h1,3,11-13,19,21,24,29H,2,4-9H2,(H,22,26)/t11-,12+,13-,19?,21+/m1/s1. The Hall–Kier alpha value is -2.22. The molecule has 1 saturated heterocycles. The molecule has 0 radical (unpaired) electrons. The number of ether oxygens (including phenoxy) is 1. The van der Waals surface area contributed by atoms with E-state index >= 15 is 0 Å². The molecule has 1 unspecified atom stereocenters. The number of carbonyl (C=O) groups is 3. The summed E-state index contributed by atoms with van der Waals surface area (Å²) in [7, 11) is 0. The number of likely N-dealkylation sites (tertiary alicyclic amines) is 1. The molecule has 7 nitrogen and oxygen atoms in total. The zero-order valence-corrected chi connectivity index (χ0v) is 16.9. The number of phenolic OH excluding ortho intramolecular Hbond substituents is 1. The second-order valence-corrected chi connectivity index (χ2v) is 8.78. The van der Waals surface area contributed by atoms with Gasteiger partial charge in [0.15, 0.2) is 23.4 Å². The Morgan fingerprint density at radius 1 is 1.28 bits per heavy atom. The largest absolute Gasteiger partial charge is 0.504 e. The van der Waals surface area contributed by atoms with Gasteiger partial charge < -0.3 is 20.1 Å². The number of ketones is 1. The number of nitrogens with one attached hydrogen (secondary N) is 1. The third kappa shape index (κ3) is 2.83. The first kappa shape index (κ1) is 18.8. The SMILES string of the molecule is O=C(CS)NCC(=O)N1CC[C@@H]2C3c4c5ccc(O)c4O[C@H]3C(=O)CC[C@H]2[C@H]1C5. The van der Waals surface area contributed by atoms with E-state index in [1.165, 1.54) is 0 Å². The lowest BCUT2D eigenvalue weighted by Crippen LogP contribution is -2.55. The van der Waals surface area contributed by atoms with Crippen LogP contribution in [-0.2, 0) is 20.8 Å². The second kappa shape index (κ2) is 6.93. The number of nitrogens with zero attached hydrogens (tertiary/aromatic N) is 1. The van der Waals surface area contributed by atoms with Gasteiger partial charge in [0.25, 0.3) is 0 Å². The Balaban J connectivity index is 1.53. The topological polar surface area (TPSA) is 95.9 Å². The summed E-state index contributed by atoms with van der Waals surface area (Å²) in [4.78, 5) is 39.2. The first-order chi connectivity index (χ1) is 14.0. The molecule has 2 heterocycles. The van der Waals surface area contributed by atoms with Crippen LogP contribution in [0.2, 0.25) is 0 Å². The number of Topliss-reactive ketones (excluding diaryl/α,β-unsaturated/α-hetero) is 1. The first-order valence-electron chi connectivity index (χ1n) is 10.2. The number of piperidine rings is 1. The molecular formula is C21H24N2O5S. The van der Waals surface area contributed by atoms with Crippen molar-refractivity contribution in [2.24, 2.45) is 11.8 Å². The minimum atomic E-state index is -0.525. The van der Waals surface area contributed by atoms with Gasteiger partial charge in [0, 0.05) is 30.5 Å². The van der Waals surface area contributed by atoms with Gasteiger partial charge in [-0.15, -0.1) is 0 Å². The second-order valence-electron chi connectivity index (χ2n) is 8.47. The van der Waals surface area contributed by atoms with E-state index < -0.39 is 6.10 Å². The van der Waals surface area contributed by atoms with Crippen molar-refractivity contribution in [3.05, 3.63) is 23.3 Å². The van der Waals surface area contributed by atoms with Crippen molar-refractivity contribution >= 4 is 30.2 Å². The molecule has 0 aromatic heterocycles. The van der Waals surface area contributed by atoms with Crippen LogP contribution >= 0.6 is 12.6 Å². The van der Waals surface area contributed by atoms with Crippen LogP contribution in [-0.4, -0.2) is 58.6 Å². The highest BCUT2D eigenvalue weighted by molar-refractivity contribution is 7.81. The fourth-order valence-electron chi connectivity index (χ4n) is 5.97. The van der Waals surface area contributed by atoms with Crippen molar-refractivity contribution in [2.75, 3.05) is 18.8 Å². The lowest BCUT2D eigenvalue weighted by Gasteiger charge is -2.45. The number of rotatable bonds is 3. The summed E-state index contributed by atoms with van der Waals surface area (Å²) in [5.74, 6) is 0.724. The monoisotopic (exact) mass is 416 g/mol. The van der Waals surface area contributed by atoms with Crippen LogP contribution < -0.4 is 10.1 Å². The van der Waals surface area contributed by atoms with Gasteiger partial charge in [0.1, 0.15) is 0 Å². The maximum absolute atomic E-state index is 12.9. The Kier molecular flexibility index (Phi) is 4.49. The summed E-state index contributed by atoms with van der Waals surface area (Å²) in [6.45, 7) is 0.573. The third-order valence-corrected chi connectivity index (χ3v) is 7.44. The molecule has 4 aliphatic rings. The molecular weight excluding hydrogens is 392 g/mol. The molecule has 1 aromatic rings. The average molecular weight is 416 g/mol. The van der Waals surface area contributed by atoms with E-state index in [4.69, 9.17) is 4.74 Å². The van der Waals surface area contributed by atoms with E-state index in [1.807, 2.05) is 11.0 Å². The van der Waals surface area contributed by atoms with Crippen molar-refractivity contribution in [3.63, 3.8) is 0 Å². The van der Waals surface area contributed by atoms with E-state index in [9.17, 15) is 19.5 Å². The van der Waals surface area contributed by atoms with Gasteiger partial charge in [-0.05, 0) is 42.7 Å². The van der Waals surface area contributed by atoms with Gasteiger partial charge in [-0.3, -0.25) is 14.4 Å². The smallest absolute Gasteiger partial charge is 0.242 e. The van der Waals surface area contributed by atoms with Crippen LogP contribution in [0.25, 0.3) is 0 Å². The number of aromatic hydroxyl groups is 1. The van der Waals surface area contributed by atoms with Crippen LogP contribution in [0.3, 0.4) is 0 Å². The van der Waals surface area contributed by atoms with Crippen LogP contribution in [0.1, 0.15) is 36.3 Å². The van der Waals surface area contributed by atoms with E-state index in [2.05, 4.69) is 17.9 Å². The molecule has 0 spiro atoms. The van der Waals surface area contributed by atoms with Gasteiger partial charge in [-0.1, -0.05) is 6.07 Å². The van der Waals surface area contributed by atoms with Crippen LogP contribution in [0.15, 0.2) is 12.1 Å². The molecule has 2 N–H and O–H groups in total. The predicted octanol–water partition coefficient (Wildman–Crippen LogP) is 1.04. The summed E-state index contributed by atoms with van der Waals surface area (Å²) in [5, 5.41) is 13.0. The van der Waals surface area contributed by atoms with Gasteiger partial charge in [-0.2, -0.15) is 12.6 Å². The lowest BCUT2D eigenvalue weighted by atomic mass is 9.71. The molecule has 29 heavy (non-hydrogen) atoms. The number of hydrogen-bond acceptors (Lipinski definition) is 6. The minimum absolute atomic E-state index is 0.0139. The van der Waals surface area contributed by atoms with Crippen molar-refractivity contribution < 1.29 is 24.2 Å². The first-order valence-corrected chi connectivity index (χ1v) is 10.8. The number of benzene rings is 1. The maximum atomic E-state index is 12.9. The Morgan fingerprint density at radius 2 is 2.10 bits per heavy atom. The van der Waals surface area contributed by atoms with Crippen LogP contribution in [0.5, 0.6) is 11.5 Å². The van der Waals surface area contributed by atoms with Crippen molar-refractivity contribution in [2.45, 2.75) is 43.7 Å². The molecule has 2 aliphatic heterocycles. The Labute approximate surface area is 174 Å². The maximum Gasteiger partial charge on any atom is 0.242 e. The molecule has 5 rings (SSSR count). The molecule has 8 heteroatoms. The van der Waals surface area contributed by atoms with Crippen molar-refractivity contribution in [3.8, 4) is 11.5 Å². The normalized spacial score (nSPS) is 31.6. The van der Waals surface area contributed by atoms with Gasteiger partial charge >= 0.3 is 0 Å². The number of thiol groups is 1. The molecule has 154 valence electrons. The third-order valence-electron chi connectivity index (χ3n) is 7.15. The summed E-state index contributed by atoms with van der Waals surface area (Å²) in [6, 6.07) is 3.52. The zero-order chi connectivity index (χ0) is 20.3. The van der Waals surface area contributed by atoms with Crippen molar-refractivity contribution in [1.82, 2.24) is 10.2 Å². The Morgan fingerprint density at radius 3 is 2.90 bits per heavy atom. The minimum Gasteiger partial charge on any atom is -0.504 e. The van der Waals surface area contributed by atoms with E-state index in [-0.39, 0.29) is 59.4 Å². The fraction of sp³-hybridized carbons (Fsp3) is 0.571. The molecule has 4 bridgehead atoms. The van der Waals surface area contributed by atoms with E-state index in [0.29, 0.717) is 25.1 Å². The van der Waals surface area contributed by atoms with Gasteiger partial charge in [0.2, 0.25) is 11.8 Å². The average Bonchev–Trinajstić information content (AvgIpc) is 3.03. The molecule has 2 fully saturated rings. The van der Waals surface area contributed by atoms with Gasteiger partial charge in [-0.25, -0.2) is 0 Å². The summed E-state index contributed by atoms with van der Waals surface area (Å²) >= 11 is 3.94. The van der Waals surface area contributed by atoms with E-state index in [1.54, 1.807) is 6.07 Å². The van der Waals surface area contributed by atoms with Crippen LogP contribution in [0, 0.1) is 11.8 Å². The van der Waals surface area contributed by atoms with Crippen LogP contribution in [0.4, 0.5) is 0 Å². The number of amides is 2. The predicted molar refractivity (Wildman–Crippen MR) is 107 cm³/mol. The lowest BCUT2D eigenvalue weighted by molar-refractivity contribution is -0.138. The molecule has 2 amide bonds. The quantitative estimate of drug-likeness (QED) is 0.640. The highest BCUT2D eigenvalue weighted by Gasteiger charge is 2.55. The molecule has 1 aromatic carbocycles. The Bertz CT molecular complexity index is 903.